The summed E-state index contributed by atoms with van der Waals surface area (Å²) in [5.41, 5.74) is 14.1. The number of hydrogen-bond donors (Lipinski definition) is 2. The van der Waals surface area contributed by atoms with Gasteiger partial charge in [0.15, 0.2) is 5.78 Å². The Morgan fingerprint density at radius 2 is 1.53 bits per heavy atom. The summed E-state index contributed by atoms with van der Waals surface area (Å²) >= 11 is 0. The van der Waals surface area contributed by atoms with E-state index in [9.17, 15) is 4.79 Å². The van der Waals surface area contributed by atoms with E-state index in [1.54, 1.807) is 42.5 Å². The molecule has 5 nitrogen and oxygen atoms in total. The standard InChI is InChI=1S/C14H14N4O/c1-9(19)13-8-12(6-7-14(13)16)18-17-11-4-2-10(15)3-5-11/h2-8H,15-16H2,1H3. The third kappa shape index (κ3) is 3.16. The average molecular weight is 254 g/mol. The number of nitrogen functional groups attached to an aromatic ring is 2. The lowest BCUT2D eigenvalue weighted by Gasteiger charge is -2.02. The predicted molar refractivity (Wildman–Crippen MR) is 75.9 cm³/mol. The van der Waals surface area contributed by atoms with Crippen LogP contribution in [0.4, 0.5) is 22.7 Å². The van der Waals surface area contributed by atoms with Gasteiger partial charge in [-0.15, -0.1) is 0 Å². The number of anilines is 2. The largest absolute Gasteiger partial charge is 0.399 e. The Morgan fingerprint density at radius 3 is 2.16 bits per heavy atom. The Hall–Kier alpha value is -2.69. The van der Waals surface area contributed by atoms with Gasteiger partial charge in [0.1, 0.15) is 0 Å². The molecule has 5 heteroatoms. The molecule has 0 amide bonds. The van der Waals surface area contributed by atoms with Crippen LogP contribution in [0.3, 0.4) is 0 Å². The second-order valence-corrected chi connectivity index (χ2v) is 4.12. The van der Waals surface area contributed by atoms with Gasteiger partial charge in [-0.2, -0.15) is 10.2 Å². The van der Waals surface area contributed by atoms with Gasteiger partial charge in [0.2, 0.25) is 0 Å². The number of carbonyl (C=O) groups is 1. The Bertz CT molecular complexity index is 632. The van der Waals surface area contributed by atoms with Gasteiger partial charge in [0.05, 0.1) is 11.4 Å². The van der Waals surface area contributed by atoms with E-state index in [0.717, 1.165) is 0 Å². The SMILES string of the molecule is CC(=O)c1cc(N=Nc2ccc(N)cc2)ccc1N. The van der Waals surface area contributed by atoms with Crippen molar-refractivity contribution in [2.24, 2.45) is 10.2 Å². The van der Waals surface area contributed by atoms with Gasteiger partial charge < -0.3 is 11.5 Å². The minimum absolute atomic E-state index is 0.0953. The molecule has 2 aromatic carbocycles. The van der Waals surface area contributed by atoms with E-state index in [0.29, 0.717) is 28.3 Å². The van der Waals surface area contributed by atoms with E-state index in [-0.39, 0.29) is 5.78 Å². The molecule has 0 bridgehead atoms. The monoisotopic (exact) mass is 254 g/mol. The highest BCUT2D eigenvalue weighted by molar-refractivity contribution is 5.99. The molecule has 0 atom stereocenters. The number of benzene rings is 2. The molecule has 0 aliphatic heterocycles. The lowest BCUT2D eigenvalue weighted by molar-refractivity contribution is 0.101. The van der Waals surface area contributed by atoms with Crippen LogP contribution in [0.15, 0.2) is 52.7 Å². The number of ketones is 1. The molecule has 0 radical (unpaired) electrons. The molecule has 0 saturated heterocycles. The van der Waals surface area contributed by atoms with Crippen LogP contribution in [-0.2, 0) is 0 Å². The number of Topliss-reactive ketones (excluding diaryl/α,β-unsaturated/α-hetero) is 1. The molecule has 2 rings (SSSR count). The summed E-state index contributed by atoms with van der Waals surface area (Å²) in [6.45, 7) is 1.46. The van der Waals surface area contributed by atoms with E-state index < -0.39 is 0 Å². The Balaban J connectivity index is 2.26. The number of nitrogens with two attached hydrogens (primary N) is 2. The zero-order valence-corrected chi connectivity index (χ0v) is 10.5. The van der Waals surface area contributed by atoms with Crippen LogP contribution < -0.4 is 11.5 Å². The van der Waals surface area contributed by atoms with Crippen LogP contribution in [-0.4, -0.2) is 5.78 Å². The van der Waals surface area contributed by atoms with Gasteiger partial charge in [-0.1, -0.05) is 0 Å². The molecule has 0 heterocycles. The van der Waals surface area contributed by atoms with E-state index in [4.69, 9.17) is 11.5 Å². The molecule has 0 unspecified atom stereocenters. The summed E-state index contributed by atoms with van der Waals surface area (Å²) in [5, 5.41) is 8.13. The van der Waals surface area contributed by atoms with Crippen molar-refractivity contribution in [3.05, 3.63) is 48.0 Å². The normalized spacial score (nSPS) is 10.8. The number of carbonyl (C=O) groups excluding carboxylic acids is 1. The minimum atomic E-state index is -0.0953. The summed E-state index contributed by atoms with van der Waals surface area (Å²) in [6, 6.07) is 12.0. The molecular formula is C14H14N4O. The van der Waals surface area contributed by atoms with E-state index in [1.807, 2.05) is 0 Å². The van der Waals surface area contributed by atoms with Crippen molar-refractivity contribution in [1.82, 2.24) is 0 Å². The van der Waals surface area contributed by atoms with Crippen molar-refractivity contribution in [2.75, 3.05) is 11.5 Å². The highest BCUT2D eigenvalue weighted by Gasteiger charge is 2.05. The zero-order valence-electron chi connectivity index (χ0n) is 10.5. The number of nitrogens with zero attached hydrogens (tertiary/aromatic N) is 2. The van der Waals surface area contributed by atoms with Crippen LogP contribution in [0.5, 0.6) is 0 Å². The second-order valence-electron chi connectivity index (χ2n) is 4.12. The quantitative estimate of drug-likeness (QED) is 0.499. The van der Waals surface area contributed by atoms with Gasteiger partial charge in [-0.05, 0) is 49.4 Å². The second kappa shape index (κ2) is 5.30. The summed E-state index contributed by atoms with van der Waals surface area (Å²) in [7, 11) is 0. The Labute approximate surface area is 111 Å². The first-order chi connectivity index (χ1) is 9.06. The summed E-state index contributed by atoms with van der Waals surface area (Å²) in [4.78, 5) is 11.4. The molecule has 0 saturated carbocycles. The highest BCUT2D eigenvalue weighted by atomic mass is 16.1. The van der Waals surface area contributed by atoms with Crippen molar-refractivity contribution in [2.45, 2.75) is 6.92 Å². The predicted octanol–water partition coefficient (Wildman–Crippen LogP) is 3.47. The van der Waals surface area contributed by atoms with Crippen molar-refractivity contribution in [3.63, 3.8) is 0 Å². The van der Waals surface area contributed by atoms with Crippen LogP contribution in [0, 0.1) is 0 Å². The molecule has 0 fully saturated rings. The third-order valence-corrected chi connectivity index (χ3v) is 2.59. The van der Waals surface area contributed by atoms with E-state index in [2.05, 4.69) is 10.2 Å². The van der Waals surface area contributed by atoms with Gasteiger partial charge in [-0.3, -0.25) is 4.79 Å². The zero-order chi connectivity index (χ0) is 13.8. The van der Waals surface area contributed by atoms with Gasteiger partial charge in [-0.25, -0.2) is 0 Å². The lowest BCUT2D eigenvalue weighted by atomic mass is 10.1. The first-order valence-electron chi connectivity index (χ1n) is 5.74. The first kappa shape index (κ1) is 12.8. The van der Waals surface area contributed by atoms with Crippen LogP contribution in [0.1, 0.15) is 17.3 Å². The maximum atomic E-state index is 11.4. The number of hydrogen-bond acceptors (Lipinski definition) is 5. The summed E-state index contributed by atoms with van der Waals surface area (Å²) < 4.78 is 0. The molecule has 0 aliphatic carbocycles. The minimum Gasteiger partial charge on any atom is -0.399 e. The fraction of sp³-hybridized carbons (Fsp3) is 0.0714. The molecule has 19 heavy (non-hydrogen) atoms. The van der Waals surface area contributed by atoms with Crippen molar-refractivity contribution < 1.29 is 4.79 Å². The Kier molecular flexibility index (Phi) is 3.56. The first-order valence-corrected chi connectivity index (χ1v) is 5.74. The molecular weight excluding hydrogens is 240 g/mol. The van der Waals surface area contributed by atoms with Crippen LogP contribution in [0.2, 0.25) is 0 Å². The number of rotatable bonds is 3. The smallest absolute Gasteiger partial charge is 0.161 e. The third-order valence-electron chi connectivity index (χ3n) is 2.59. The fourth-order valence-electron chi connectivity index (χ4n) is 1.57. The van der Waals surface area contributed by atoms with Crippen molar-refractivity contribution in [3.8, 4) is 0 Å². The van der Waals surface area contributed by atoms with E-state index in [1.165, 1.54) is 6.92 Å². The highest BCUT2D eigenvalue weighted by Crippen LogP contribution is 2.23. The van der Waals surface area contributed by atoms with Gasteiger partial charge >= 0.3 is 0 Å². The molecule has 0 aliphatic rings. The van der Waals surface area contributed by atoms with E-state index >= 15 is 0 Å². The van der Waals surface area contributed by atoms with Gasteiger partial charge in [0.25, 0.3) is 0 Å². The maximum Gasteiger partial charge on any atom is 0.161 e. The van der Waals surface area contributed by atoms with Crippen LogP contribution in [0.25, 0.3) is 0 Å². The number of azo groups is 1. The fourth-order valence-corrected chi connectivity index (χ4v) is 1.57. The summed E-state index contributed by atoms with van der Waals surface area (Å²) in [6.07, 6.45) is 0. The molecule has 2 aromatic rings. The van der Waals surface area contributed by atoms with Crippen LogP contribution >= 0.6 is 0 Å². The topological polar surface area (TPSA) is 93.8 Å². The molecule has 96 valence electrons. The van der Waals surface area contributed by atoms with Crippen molar-refractivity contribution in [1.29, 1.82) is 0 Å². The van der Waals surface area contributed by atoms with Crippen molar-refractivity contribution >= 4 is 28.5 Å². The lowest BCUT2D eigenvalue weighted by Crippen LogP contribution is -1.98. The Morgan fingerprint density at radius 1 is 0.947 bits per heavy atom. The average Bonchev–Trinajstić information content (AvgIpc) is 2.39. The maximum absolute atomic E-state index is 11.4. The molecule has 0 spiro atoms. The summed E-state index contributed by atoms with van der Waals surface area (Å²) in [5.74, 6) is -0.0953. The molecule has 0 aromatic heterocycles. The van der Waals surface area contributed by atoms with Gasteiger partial charge in [0, 0.05) is 16.9 Å². The molecule has 4 N–H and O–H groups in total.